The highest BCUT2D eigenvalue weighted by Gasteiger charge is 2.55. The van der Waals surface area contributed by atoms with Gasteiger partial charge < -0.3 is 15.3 Å². The number of nitrogens with zero attached hydrogens (tertiary/aromatic N) is 1. The number of carbonyl (C=O) groups is 3. The molecule has 168 valence electrons. The van der Waals surface area contributed by atoms with Crippen molar-refractivity contribution in [3.05, 3.63) is 12.2 Å². The van der Waals surface area contributed by atoms with Gasteiger partial charge in [0.2, 0.25) is 0 Å². The summed E-state index contributed by atoms with van der Waals surface area (Å²) in [5.74, 6) is -3.39. The van der Waals surface area contributed by atoms with Crippen LogP contribution < -0.4 is 0 Å². The van der Waals surface area contributed by atoms with Crippen molar-refractivity contribution in [2.75, 3.05) is 6.54 Å². The van der Waals surface area contributed by atoms with Gasteiger partial charge in [0.1, 0.15) is 0 Å². The van der Waals surface area contributed by atoms with Crippen molar-refractivity contribution in [1.82, 2.24) is 0 Å². The minimum Gasteiger partial charge on any atom is -0.477 e. The summed E-state index contributed by atoms with van der Waals surface area (Å²) < 4.78 is -0.421. The fourth-order valence-electron chi connectivity index (χ4n) is 4.51. The minimum absolute atomic E-state index is 0.183. The van der Waals surface area contributed by atoms with Gasteiger partial charge in [0.25, 0.3) is 0 Å². The number of hydrogen-bond acceptors (Lipinski definition) is 3. The lowest BCUT2D eigenvalue weighted by Crippen LogP contribution is -2.72. The Labute approximate surface area is 175 Å². The molecule has 0 fully saturated rings. The van der Waals surface area contributed by atoms with Crippen molar-refractivity contribution in [2.24, 2.45) is 0 Å². The first-order valence-corrected chi connectivity index (χ1v) is 10.9. The van der Waals surface area contributed by atoms with Crippen molar-refractivity contribution >= 4 is 17.9 Å². The van der Waals surface area contributed by atoms with Crippen molar-refractivity contribution in [3.63, 3.8) is 0 Å². The quantitative estimate of drug-likeness (QED) is 0.186. The van der Waals surface area contributed by atoms with Crippen LogP contribution in [0.2, 0.25) is 0 Å². The van der Waals surface area contributed by atoms with Gasteiger partial charge in [0.05, 0.1) is 6.54 Å². The molecule has 0 bridgehead atoms. The number of carboxylic acid groups (broad SMARTS) is 3. The van der Waals surface area contributed by atoms with Crippen LogP contribution in [0.5, 0.6) is 0 Å². The molecular formula is C22H40NO6+. The Morgan fingerprint density at radius 3 is 1.45 bits per heavy atom. The number of carboxylic acids is 3. The Balaban J connectivity index is 5.82. The average molecular weight is 415 g/mol. The van der Waals surface area contributed by atoms with Gasteiger partial charge in [-0.05, 0) is 32.1 Å². The van der Waals surface area contributed by atoms with E-state index in [1.807, 2.05) is 0 Å². The SMILES string of the molecule is CCC/C=C/CCCCC[N+](C(CC)C(=O)O)(C(CC)C(=O)O)C(CC)C(=O)O. The van der Waals surface area contributed by atoms with Crippen molar-refractivity contribution in [3.8, 4) is 0 Å². The van der Waals surface area contributed by atoms with E-state index in [-0.39, 0.29) is 25.8 Å². The van der Waals surface area contributed by atoms with E-state index in [0.29, 0.717) is 6.42 Å². The molecule has 29 heavy (non-hydrogen) atoms. The number of rotatable bonds is 17. The molecule has 0 spiro atoms. The molecule has 0 aromatic heterocycles. The number of allylic oxidation sites excluding steroid dienone is 2. The van der Waals surface area contributed by atoms with Crippen LogP contribution in [-0.4, -0.2) is 62.4 Å². The van der Waals surface area contributed by atoms with Crippen LogP contribution in [-0.2, 0) is 14.4 Å². The zero-order valence-corrected chi connectivity index (χ0v) is 18.5. The fraction of sp³-hybridized carbons (Fsp3) is 0.773. The molecule has 3 atom stereocenters. The van der Waals surface area contributed by atoms with E-state index < -0.39 is 40.5 Å². The van der Waals surface area contributed by atoms with E-state index in [1.165, 1.54) is 0 Å². The first-order chi connectivity index (χ1) is 13.7. The number of quaternary nitrogens is 1. The maximum Gasteiger partial charge on any atom is 0.362 e. The van der Waals surface area contributed by atoms with E-state index in [4.69, 9.17) is 0 Å². The second-order valence-corrected chi connectivity index (χ2v) is 7.61. The third-order valence-electron chi connectivity index (χ3n) is 5.79. The van der Waals surface area contributed by atoms with Crippen molar-refractivity contribution < 1.29 is 34.2 Å². The molecule has 3 unspecified atom stereocenters. The van der Waals surface area contributed by atoms with Crippen LogP contribution in [0.3, 0.4) is 0 Å². The van der Waals surface area contributed by atoms with E-state index in [2.05, 4.69) is 19.1 Å². The number of unbranched alkanes of at least 4 members (excludes halogenated alkanes) is 4. The van der Waals surface area contributed by atoms with Gasteiger partial charge >= 0.3 is 17.9 Å². The Morgan fingerprint density at radius 2 is 1.10 bits per heavy atom. The molecule has 0 radical (unpaired) electrons. The van der Waals surface area contributed by atoms with Gasteiger partial charge in [-0.1, -0.05) is 46.3 Å². The summed E-state index contributed by atoms with van der Waals surface area (Å²) in [5, 5.41) is 29.6. The normalized spacial score (nSPS) is 16.8. The molecular weight excluding hydrogens is 374 g/mol. The van der Waals surface area contributed by atoms with Crippen molar-refractivity contribution in [1.29, 1.82) is 0 Å². The Kier molecular flexibility index (Phi) is 13.2. The van der Waals surface area contributed by atoms with Gasteiger partial charge in [0.15, 0.2) is 18.1 Å². The highest BCUT2D eigenvalue weighted by molar-refractivity contribution is 5.78. The minimum atomic E-state index is -1.13. The second-order valence-electron chi connectivity index (χ2n) is 7.61. The molecule has 7 heteroatoms. The highest BCUT2D eigenvalue weighted by Crippen LogP contribution is 2.32. The van der Waals surface area contributed by atoms with Crippen LogP contribution in [0.25, 0.3) is 0 Å². The molecule has 0 aromatic rings. The number of aliphatic carboxylic acids is 3. The molecule has 0 amide bonds. The summed E-state index contributed by atoms with van der Waals surface area (Å²) in [5.41, 5.74) is 0. The third-order valence-corrected chi connectivity index (χ3v) is 5.79. The highest BCUT2D eigenvalue weighted by atomic mass is 16.4. The van der Waals surface area contributed by atoms with E-state index >= 15 is 0 Å². The molecule has 0 saturated carbocycles. The standard InChI is InChI=1S/C22H39NO6/c1-5-9-10-11-12-13-14-15-16-23(17(6-2)20(24)25,18(7-3)21(26)27)19(8-4)22(28)29/h10-11,17-19H,5-9,12-16H2,1-4H3,(H2-,24,25,26,27,28,29)/p+1/b11-10+. The molecule has 0 aromatic carbocycles. The zero-order valence-electron chi connectivity index (χ0n) is 18.5. The van der Waals surface area contributed by atoms with Crippen LogP contribution in [0.1, 0.15) is 85.5 Å². The molecule has 3 N–H and O–H groups in total. The van der Waals surface area contributed by atoms with Gasteiger partial charge in [-0.2, -0.15) is 0 Å². The molecule has 0 heterocycles. The molecule has 0 aliphatic carbocycles. The van der Waals surface area contributed by atoms with Crippen LogP contribution >= 0.6 is 0 Å². The smallest absolute Gasteiger partial charge is 0.362 e. The maximum absolute atomic E-state index is 12.1. The predicted octanol–water partition coefficient (Wildman–Crippen LogP) is 4.31. The van der Waals surface area contributed by atoms with E-state index in [9.17, 15) is 29.7 Å². The van der Waals surface area contributed by atoms with Gasteiger partial charge in [0, 0.05) is 19.3 Å². The lowest BCUT2D eigenvalue weighted by atomic mass is 9.94. The summed E-state index contributed by atoms with van der Waals surface area (Å²) in [6, 6.07) is -3.20. The largest absolute Gasteiger partial charge is 0.477 e. The Bertz CT molecular complexity index is 490. The van der Waals surface area contributed by atoms with Crippen LogP contribution in [0.4, 0.5) is 0 Å². The maximum atomic E-state index is 12.1. The molecule has 0 rings (SSSR count). The molecule has 0 aliphatic heterocycles. The zero-order chi connectivity index (χ0) is 22.4. The third kappa shape index (κ3) is 7.46. The molecule has 0 aliphatic rings. The Morgan fingerprint density at radius 1 is 0.690 bits per heavy atom. The topological polar surface area (TPSA) is 112 Å². The van der Waals surface area contributed by atoms with Gasteiger partial charge in [-0.3, -0.25) is 4.48 Å². The average Bonchev–Trinajstić information content (AvgIpc) is 2.64. The number of hydrogen-bond donors (Lipinski definition) is 3. The van der Waals surface area contributed by atoms with Crippen LogP contribution in [0.15, 0.2) is 12.2 Å². The van der Waals surface area contributed by atoms with Crippen molar-refractivity contribution in [2.45, 2.75) is 104 Å². The summed E-state index contributed by atoms with van der Waals surface area (Å²) >= 11 is 0. The molecule has 0 saturated heterocycles. The first-order valence-electron chi connectivity index (χ1n) is 10.9. The summed E-state index contributed by atoms with van der Waals surface area (Å²) in [6.45, 7) is 7.42. The summed E-state index contributed by atoms with van der Waals surface area (Å²) in [7, 11) is 0. The summed E-state index contributed by atoms with van der Waals surface area (Å²) in [4.78, 5) is 36.3. The van der Waals surface area contributed by atoms with Gasteiger partial charge in [-0.15, -0.1) is 0 Å². The van der Waals surface area contributed by atoms with E-state index in [1.54, 1.807) is 20.8 Å². The first kappa shape index (κ1) is 27.1. The van der Waals surface area contributed by atoms with Crippen LogP contribution in [0, 0.1) is 0 Å². The fourth-order valence-corrected chi connectivity index (χ4v) is 4.51. The summed E-state index contributed by atoms with van der Waals surface area (Å²) in [6.07, 6.45) is 10.2. The second kappa shape index (κ2) is 14.1. The van der Waals surface area contributed by atoms with E-state index in [0.717, 1.165) is 32.1 Å². The monoisotopic (exact) mass is 414 g/mol. The Hall–Kier alpha value is -1.89. The molecule has 7 nitrogen and oxygen atoms in total. The van der Waals surface area contributed by atoms with Gasteiger partial charge in [-0.25, -0.2) is 14.4 Å². The lowest BCUT2D eigenvalue weighted by molar-refractivity contribution is -0.973. The lowest BCUT2D eigenvalue weighted by Gasteiger charge is -2.49. The predicted molar refractivity (Wildman–Crippen MR) is 113 cm³/mol.